The highest BCUT2D eigenvalue weighted by Gasteiger charge is 2.13. The lowest BCUT2D eigenvalue weighted by atomic mass is 10.3. The Hall–Kier alpha value is -0.440. The van der Waals surface area contributed by atoms with Gasteiger partial charge in [-0.05, 0) is 18.6 Å². The first-order valence-corrected chi connectivity index (χ1v) is 4.51. The Labute approximate surface area is 89.3 Å². The van der Waals surface area contributed by atoms with Gasteiger partial charge >= 0.3 is 0 Å². The van der Waals surface area contributed by atoms with Crippen LogP contribution in [0.5, 0.6) is 0 Å². The van der Waals surface area contributed by atoms with Crippen molar-refractivity contribution in [3.63, 3.8) is 0 Å². The van der Waals surface area contributed by atoms with E-state index in [-0.39, 0.29) is 12.4 Å². The first kappa shape index (κ1) is 10.6. The van der Waals surface area contributed by atoms with Crippen molar-refractivity contribution in [1.82, 2.24) is 5.43 Å². The molecule has 0 spiro atoms. The van der Waals surface area contributed by atoms with Gasteiger partial charge in [0.2, 0.25) is 0 Å². The van der Waals surface area contributed by atoms with Crippen molar-refractivity contribution >= 4 is 29.7 Å². The summed E-state index contributed by atoms with van der Waals surface area (Å²) in [6, 6.07) is 7.89. The van der Waals surface area contributed by atoms with Crippen LogP contribution in [0.25, 0.3) is 0 Å². The zero-order valence-corrected chi connectivity index (χ0v) is 8.74. The normalized spacial score (nSPS) is 15.6. The smallest absolute Gasteiger partial charge is 0.0705 e. The third-order valence-corrected chi connectivity index (χ3v) is 2.32. The van der Waals surface area contributed by atoms with Gasteiger partial charge in [0, 0.05) is 13.1 Å². The molecule has 0 bridgehead atoms. The average Bonchev–Trinajstić information content (AvgIpc) is 2.57. The van der Waals surface area contributed by atoms with Gasteiger partial charge in [0.25, 0.3) is 0 Å². The van der Waals surface area contributed by atoms with Gasteiger partial charge in [0.05, 0.1) is 10.7 Å². The van der Waals surface area contributed by atoms with E-state index >= 15 is 0 Å². The van der Waals surface area contributed by atoms with Gasteiger partial charge in [-0.15, -0.1) is 12.4 Å². The summed E-state index contributed by atoms with van der Waals surface area (Å²) >= 11 is 6.02. The average molecular weight is 219 g/mol. The summed E-state index contributed by atoms with van der Waals surface area (Å²) in [5.74, 6) is 0. The van der Waals surface area contributed by atoms with E-state index in [1.54, 1.807) is 0 Å². The van der Waals surface area contributed by atoms with Gasteiger partial charge < -0.3 is 5.01 Å². The van der Waals surface area contributed by atoms with Gasteiger partial charge in [-0.1, -0.05) is 23.7 Å². The van der Waals surface area contributed by atoms with Gasteiger partial charge in [0.15, 0.2) is 0 Å². The van der Waals surface area contributed by atoms with Crippen molar-refractivity contribution in [3.8, 4) is 0 Å². The first-order chi connectivity index (χ1) is 5.88. The number of hydrogen-bond acceptors (Lipinski definition) is 2. The highest BCUT2D eigenvalue weighted by atomic mass is 35.5. The number of rotatable bonds is 1. The SMILES string of the molecule is Cl.Clc1ccccc1N1CCCN1. The fraction of sp³-hybridized carbons (Fsp3) is 0.333. The minimum Gasteiger partial charge on any atom is -0.307 e. The number of halogens is 2. The highest BCUT2D eigenvalue weighted by Crippen LogP contribution is 2.24. The van der Waals surface area contributed by atoms with E-state index < -0.39 is 0 Å². The Balaban J connectivity index is 0.000000845. The van der Waals surface area contributed by atoms with E-state index in [9.17, 15) is 0 Å². The van der Waals surface area contributed by atoms with Crippen molar-refractivity contribution in [3.05, 3.63) is 29.3 Å². The summed E-state index contributed by atoms with van der Waals surface area (Å²) in [7, 11) is 0. The van der Waals surface area contributed by atoms with E-state index in [4.69, 9.17) is 11.6 Å². The molecule has 1 heterocycles. The fourth-order valence-corrected chi connectivity index (χ4v) is 1.64. The van der Waals surface area contributed by atoms with Crippen LogP contribution < -0.4 is 10.4 Å². The predicted octanol–water partition coefficient (Wildman–Crippen LogP) is 2.48. The Bertz CT molecular complexity index is 272. The standard InChI is InChI=1S/C9H11ClN2.ClH/c10-8-4-1-2-5-9(8)12-7-3-6-11-12;/h1-2,4-5,11H,3,6-7H2;1H. The molecule has 4 heteroatoms. The van der Waals surface area contributed by atoms with Gasteiger partial charge in [-0.25, -0.2) is 5.43 Å². The van der Waals surface area contributed by atoms with Crippen molar-refractivity contribution in [2.45, 2.75) is 6.42 Å². The van der Waals surface area contributed by atoms with Crippen molar-refractivity contribution < 1.29 is 0 Å². The second-order valence-corrected chi connectivity index (χ2v) is 3.27. The number of hydrazine groups is 1. The van der Waals surface area contributed by atoms with Crippen LogP contribution in [0.4, 0.5) is 5.69 Å². The van der Waals surface area contributed by atoms with Crippen LogP contribution in [-0.2, 0) is 0 Å². The molecule has 0 radical (unpaired) electrons. The molecule has 0 unspecified atom stereocenters. The molecule has 1 fully saturated rings. The number of nitrogens with one attached hydrogen (secondary N) is 1. The lowest BCUT2D eigenvalue weighted by Gasteiger charge is -2.18. The molecule has 1 saturated heterocycles. The fourth-order valence-electron chi connectivity index (χ4n) is 1.41. The molecule has 2 nitrogen and oxygen atoms in total. The summed E-state index contributed by atoms with van der Waals surface area (Å²) in [5, 5.41) is 2.91. The number of para-hydroxylation sites is 1. The summed E-state index contributed by atoms with van der Waals surface area (Å²) in [6.45, 7) is 2.09. The van der Waals surface area contributed by atoms with E-state index in [0.29, 0.717) is 0 Å². The quantitative estimate of drug-likeness (QED) is 0.780. The molecule has 2 rings (SSSR count). The Kier molecular flexibility index (Phi) is 3.85. The molecule has 0 aromatic heterocycles. The molecule has 1 aliphatic rings. The second-order valence-electron chi connectivity index (χ2n) is 2.86. The monoisotopic (exact) mass is 218 g/mol. The van der Waals surface area contributed by atoms with Gasteiger partial charge in [-0.3, -0.25) is 0 Å². The molecule has 1 aromatic rings. The van der Waals surface area contributed by atoms with E-state index in [1.807, 2.05) is 24.3 Å². The van der Waals surface area contributed by atoms with E-state index in [2.05, 4.69) is 10.4 Å². The molecule has 0 saturated carbocycles. The number of nitrogens with zero attached hydrogens (tertiary/aromatic N) is 1. The van der Waals surface area contributed by atoms with Crippen LogP contribution in [0.15, 0.2) is 24.3 Å². The summed E-state index contributed by atoms with van der Waals surface area (Å²) in [6.07, 6.45) is 1.19. The first-order valence-electron chi connectivity index (χ1n) is 4.13. The van der Waals surface area contributed by atoms with Crippen LogP contribution >= 0.6 is 24.0 Å². The maximum atomic E-state index is 6.02. The topological polar surface area (TPSA) is 15.3 Å². The molecular formula is C9H12Cl2N2. The maximum Gasteiger partial charge on any atom is 0.0705 e. The zero-order valence-electron chi connectivity index (χ0n) is 7.16. The second kappa shape index (κ2) is 4.70. The van der Waals surface area contributed by atoms with Gasteiger partial charge in [-0.2, -0.15) is 0 Å². The third-order valence-electron chi connectivity index (χ3n) is 2.00. The summed E-state index contributed by atoms with van der Waals surface area (Å²) < 4.78 is 0. The van der Waals surface area contributed by atoms with Gasteiger partial charge in [0.1, 0.15) is 0 Å². The number of benzene rings is 1. The molecule has 72 valence electrons. The van der Waals surface area contributed by atoms with Crippen LogP contribution in [0.2, 0.25) is 5.02 Å². The summed E-state index contributed by atoms with van der Waals surface area (Å²) in [4.78, 5) is 0. The largest absolute Gasteiger partial charge is 0.307 e. The minimum absolute atomic E-state index is 0. The minimum atomic E-state index is 0. The third kappa shape index (κ3) is 2.27. The number of hydrogen-bond donors (Lipinski definition) is 1. The van der Waals surface area contributed by atoms with Crippen LogP contribution in [-0.4, -0.2) is 13.1 Å². The molecule has 0 aliphatic carbocycles. The highest BCUT2D eigenvalue weighted by molar-refractivity contribution is 6.33. The molecular weight excluding hydrogens is 207 g/mol. The molecule has 1 aromatic carbocycles. The van der Waals surface area contributed by atoms with Crippen LogP contribution in [0.1, 0.15) is 6.42 Å². The lowest BCUT2D eigenvalue weighted by Crippen LogP contribution is -2.30. The van der Waals surface area contributed by atoms with E-state index in [0.717, 1.165) is 23.8 Å². The molecule has 1 aliphatic heterocycles. The molecule has 13 heavy (non-hydrogen) atoms. The Morgan fingerprint density at radius 2 is 2.08 bits per heavy atom. The predicted molar refractivity (Wildman–Crippen MR) is 58.7 cm³/mol. The maximum absolute atomic E-state index is 6.02. The van der Waals surface area contributed by atoms with E-state index in [1.165, 1.54) is 6.42 Å². The zero-order chi connectivity index (χ0) is 8.39. The Morgan fingerprint density at radius 1 is 1.31 bits per heavy atom. The van der Waals surface area contributed by atoms with Crippen LogP contribution in [0.3, 0.4) is 0 Å². The Morgan fingerprint density at radius 3 is 2.69 bits per heavy atom. The number of anilines is 1. The molecule has 0 atom stereocenters. The molecule has 1 N–H and O–H groups in total. The summed E-state index contributed by atoms with van der Waals surface area (Å²) in [5.41, 5.74) is 4.34. The molecule has 0 amide bonds. The van der Waals surface area contributed by atoms with Crippen molar-refractivity contribution in [1.29, 1.82) is 0 Å². The van der Waals surface area contributed by atoms with Crippen molar-refractivity contribution in [2.24, 2.45) is 0 Å². The lowest BCUT2D eigenvalue weighted by molar-refractivity contribution is 0.787. The van der Waals surface area contributed by atoms with Crippen molar-refractivity contribution in [2.75, 3.05) is 18.1 Å². The van der Waals surface area contributed by atoms with Crippen LogP contribution in [0, 0.1) is 0 Å².